The third-order valence-electron chi connectivity index (χ3n) is 5.11. The number of halogens is 1. The molecule has 176 valence electrons. The Morgan fingerprint density at radius 1 is 1.12 bits per heavy atom. The number of methoxy groups -OCH3 is 1. The van der Waals surface area contributed by atoms with Gasteiger partial charge >= 0.3 is 0 Å². The Morgan fingerprint density at radius 2 is 1.82 bits per heavy atom. The molecule has 7 nitrogen and oxygen atoms in total. The van der Waals surface area contributed by atoms with Gasteiger partial charge in [0.05, 0.1) is 18.6 Å². The van der Waals surface area contributed by atoms with E-state index in [1.807, 2.05) is 61.7 Å². The Bertz CT molecular complexity index is 1130. The van der Waals surface area contributed by atoms with Crippen LogP contribution in [-0.2, 0) is 4.79 Å². The molecule has 0 radical (unpaired) electrons. The first-order valence-electron chi connectivity index (χ1n) is 10.6. The van der Waals surface area contributed by atoms with E-state index in [1.165, 1.54) is 11.8 Å². The maximum Gasteiger partial charge on any atom is 0.234 e. The van der Waals surface area contributed by atoms with E-state index in [-0.39, 0.29) is 23.8 Å². The molecule has 0 aliphatic heterocycles. The van der Waals surface area contributed by atoms with E-state index in [0.717, 1.165) is 27.0 Å². The number of nitrogens with zero attached hydrogens (tertiary/aromatic N) is 3. The van der Waals surface area contributed by atoms with Crippen LogP contribution in [0.15, 0.2) is 46.0 Å². The molecule has 1 atom stereocenters. The van der Waals surface area contributed by atoms with Crippen molar-refractivity contribution in [2.24, 2.45) is 0 Å². The molecule has 1 unspecified atom stereocenters. The van der Waals surface area contributed by atoms with Gasteiger partial charge in [-0.25, -0.2) is 0 Å². The number of thioether (sulfide) groups is 1. The zero-order valence-corrected chi connectivity index (χ0v) is 22.1. The van der Waals surface area contributed by atoms with E-state index in [2.05, 4.69) is 45.3 Å². The Balaban J connectivity index is 1.70. The molecular formula is C24H29BrN4O3S. The van der Waals surface area contributed by atoms with Crippen LogP contribution in [0.3, 0.4) is 0 Å². The van der Waals surface area contributed by atoms with Gasteiger partial charge in [-0.3, -0.25) is 4.79 Å². The van der Waals surface area contributed by atoms with E-state index in [9.17, 15) is 4.79 Å². The van der Waals surface area contributed by atoms with E-state index in [1.54, 1.807) is 7.11 Å². The van der Waals surface area contributed by atoms with Gasteiger partial charge in [0.2, 0.25) is 5.91 Å². The number of carbonyl (C=O) groups excluding carboxylic acids is 1. The van der Waals surface area contributed by atoms with Crippen molar-refractivity contribution in [3.8, 4) is 11.5 Å². The van der Waals surface area contributed by atoms with Gasteiger partial charge in [0, 0.05) is 16.6 Å². The van der Waals surface area contributed by atoms with E-state index >= 15 is 0 Å². The zero-order valence-electron chi connectivity index (χ0n) is 19.7. The molecule has 0 saturated carbocycles. The molecule has 0 bridgehead atoms. The SMILES string of the molecule is COc1cccc(OC(C)c2nnc(SCC(=O)Nc3cc(C)c(C)cc3Br)n2C(C)C)c1. The van der Waals surface area contributed by atoms with Gasteiger partial charge in [-0.15, -0.1) is 10.2 Å². The lowest BCUT2D eigenvalue weighted by Gasteiger charge is -2.19. The minimum absolute atomic E-state index is 0.103. The summed E-state index contributed by atoms with van der Waals surface area (Å²) in [6.45, 7) is 10.1. The number of ether oxygens (including phenoxy) is 2. The molecule has 1 aromatic heterocycles. The lowest BCUT2D eigenvalue weighted by molar-refractivity contribution is -0.113. The fourth-order valence-corrected chi connectivity index (χ4v) is 4.71. The van der Waals surface area contributed by atoms with Crippen LogP contribution in [0.5, 0.6) is 11.5 Å². The van der Waals surface area contributed by atoms with Crippen LogP contribution < -0.4 is 14.8 Å². The van der Waals surface area contributed by atoms with Gasteiger partial charge in [-0.1, -0.05) is 17.8 Å². The maximum absolute atomic E-state index is 12.6. The predicted octanol–water partition coefficient (Wildman–Crippen LogP) is 6.12. The van der Waals surface area contributed by atoms with Gasteiger partial charge < -0.3 is 19.4 Å². The Morgan fingerprint density at radius 3 is 2.52 bits per heavy atom. The average Bonchev–Trinajstić information content (AvgIpc) is 3.21. The molecule has 0 fully saturated rings. The van der Waals surface area contributed by atoms with Crippen LogP contribution in [0.25, 0.3) is 0 Å². The highest BCUT2D eigenvalue weighted by Gasteiger charge is 2.22. The third kappa shape index (κ3) is 6.29. The number of rotatable bonds is 9. The fraction of sp³-hybridized carbons (Fsp3) is 0.375. The van der Waals surface area contributed by atoms with Crippen molar-refractivity contribution in [2.45, 2.75) is 51.9 Å². The fourth-order valence-electron chi connectivity index (χ4n) is 3.27. The Labute approximate surface area is 207 Å². The molecule has 33 heavy (non-hydrogen) atoms. The first-order valence-corrected chi connectivity index (χ1v) is 12.4. The van der Waals surface area contributed by atoms with Crippen LogP contribution in [0, 0.1) is 13.8 Å². The van der Waals surface area contributed by atoms with Crippen molar-refractivity contribution in [3.05, 3.63) is 57.8 Å². The quantitative estimate of drug-likeness (QED) is 0.334. The first kappa shape index (κ1) is 25.1. The van der Waals surface area contributed by atoms with Crippen molar-refractivity contribution in [1.29, 1.82) is 0 Å². The number of hydrogen-bond donors (Lipinski definition) is 1. The average molecular weight is 533 g/mol. The molecule has 3 aromatic rings. The largest absolute Gasteiger partial charge is 0.497 e. The number of hydrogen-bond acceptors (Lipinski definition) is 6. The van der Waals surface area contributed by atoms with Gasteiger partial charge in [0.1, 0.15) is 11.5 Å². The lowest BCUT2D eigenvalue weighted by atomic mass is 10.1. The second-order valence-corrected chi connectivity index (χ2v) is 9.79. The molecule has 0 aliphatic rings. The van der Waals surface area contributed by atoms with E-state index < -0.39 is 0 Å². The normalized spacial score (nSPS) is 12.0. The number of carbonyl (C=O) groups is 1. The van der Waals surface area contributed by atoms with Crippen LogP contribution in [0.4, 0.5) is 5.69 Å². The second-order valence-electron chi connectivity index (χ2n) is 8.00. The number of amides is 1. The topological polar surface area (TPSA) is 78.3 Å². The van der Waals surface area contributed by atoms with Crippen molar-refractivity contribution >= 4 is 39.3 Å². The molecule has 2 aromatic carbocycles. The zero-order chi connectivity index (χ0) is 24.1. The monoisotopic (exact) mass is 532 g/mol. The van der Waals surface area contributed by atoms with Crippen molar-refractivity contribution in [3.63, 3.8) is 0 Å². The molecule has 1 amide bonds. The van der Waals surface area contributed by atoms with E-state index in [4.69, 9.17) is 9.47 Å². The Kier molecular flexibility index (Phi) is 8.42. The Hall–Kier alpha value is -2.52. The maximum atomic E-state index is 12.6. The van der Waals surface area contributed by atoms with Crippen LogP contribution >= 0.6 is 27.7 Å². The molecule has 9 heteroatoms. The number of anilines is 1. The van der Waals surface area contributed by atoms with E-state index in [0.29, 0.717) is 16.7 Å². The second kappa shape index (κ2) is 11.1. The summed E-state index contributed by atoms with van der Waals surface area (Å²) >= 11 is 4.88. The summed E-state index contributed by atoms with van der Waals surface area (Å²) < 4.78 is 14.2. The predicted molar refractivity (Wildman–Crippen MR) is 135 cm³/mol. The minimum atomic E-state index is -0.332. The van der Waals surface area contributed by atoms with Crippen molar-refractivity contribution in [1.82, 2.24) is 14.8 Å². The standard InChI is InChI=1S/C24H29BrN4O3S/c1-14(2)29-23(17(5)32-19-9-7-8-18(12-19)31-6)27-28-24(29)33-13-22(30)26-21-11-16(4)15(3)10-20(21)25/h7-12,14,17H,13H2,1-6H3,(H,26,30). The highest BCUT2D eigenvalue weighted by molar-refractivity contribution is 9.10. The molecular weight excluding hydrogens is 504 g/mol. The summed E-state index contributed by atoms with van der Waals surface area (Å²) in [6.07, 6.45) is -0.332. The molecule has 3 rings (SSSR count). The first-order chi connectivity index (χ1) is 15.7. The summed E-state index contributed by atoms with van der Waals surface area (Å²) in [4.78, 5) is 12.6. The minimum Gasteiger partial charge on any atom is -0.497 e. The van der Waals surface area contributed by atoms with Crippen molar-refractivity contribution in [2.75, 3.05) is 18.2 Å². The summed E-state index contributed by atoms with van der Waals surface area (Å²) in [6, 6.07) is 11.5. The number of nitrogens with one attached hydrogen (secondary N) is 1. The van der Waals surface area contributed by atoms with Crippen molar-refractivity contribution < 1.29 is 14.3 Å². The summed E-state index contributed by atoms with van der Waals surface area (Å²) in [5.74, 6) is 2.22. The third-order valence-corrected chi connectivity index (χ3v) is 6.71. The molecule has 0 spiro atoms. The number of aryl methyl sites for hydroxylation is 2. The van der Waals surface area contributed by atoms with Crippen LogP contribution in [0.2, 0.25) is 0 Å². The van der Waals surface area contributed by atoms with Gasteiger partial charge in [-0.05, 0) is 85.9 Å². The molecule has 0 aliphatic carbocycles. The molecule has 1 heterocycles. The summed E-state index contributed by atoms with van der Waals surface area (Å²) in [5.41, 5.74) is 3.04. The smallest absolute Gasteiger partial charge is 0.234 e. The summed E-state index contributed by atoms with van der Waals surface area (Å²) in [5, 5.41) is 12.4. The lowest BCUT2D eigenvalue weighted by Crippen LogP contribution is -2.17. The van der Waals surface area contributed by atoms with Crippen LogP contribution in [-0.4, -0.2) is 33.5 Å². The van der Waals surface area contributed by atoms with Gasteiger partial charge in [-0.2, -0.15) is 0 Å². The number of aromatic nitrogens is 3. The highest BCUT2D eigenvalue weighted by Crippen LogP contribution is 2.30. The highest BCUT2D eigenvalue weighted by atomic mass is 79.9. The van der Waals surface area contributed by atoms with Gasteiger partial charge in [0.15, 0.2) is 17.1 Å². The summed E-state index contributed by atoms with van der Waals surface area (Å²) in [7, 11) is 1.62. The molecule has 0 saturated heterocycles. The van der Waals surface area contributed by atoms with Gasteiger partial charge in [0.25, 0.3) is 0 Å². The number of benzene rings is 2. The molecule has 1 N–H and O–H groups in total. The van der Waals surface area contributed by atoms with Crippen LogP contribution in [0.1, 0.15) is 49.9 Å².